The Kier molecular flexibility index (Phi) is 10.0. The van der Waals surface area contributed by atoms with E-state index in [2.05, 4.69) is 9.97 Å². The van der Waals surface area contributed by atoms with E-state index in [4.69, 9.17) is 23.7 Å². The number of carbonyl (C=O) groups is 1. The normalized spacial score (nSPS) is 13.4. The Morgan fingerprint density at radius 1 is 1.16 bits per heavy atom. The van der Waals surface area contributed by atoms with Crippen LogP contribution in [0.3, 0.4) is 0 Å². The van der Waals surface area contributed by atoms with Crippen molar-refractivity contribution >= 4 is 29.0 Å². The van der Waals surface area contributed by atoms with Crippen LogP contribution in [0, 0.1) is 6.92 Å². The van der Waals surface area contributed by atoms with E-state index in [1.807, 2.05) is 24.3 Å². The summed E-state index contributed by atoms with van der Waals surface area (Å²) in [4.78, 5) is 21.3. The summed E-state index contributed by atoms with van der Waals surface area (Å²) >= 11 is 1.30. The van der Waals surface area contributed by atoms with Gasteiger partial charge in [-0.05, 0) is 32.0 Å². The van der Waals surface area contributed by atoms with Gasteiger partial charge in [0.2, 0.25) is 6.29 Å². The minimum Gasteiger partial charge on any atom is -0.484 e. The number of ether oxygens (including phenoxy) is 5. The fourth-order valence-corrected chi connectivity index (χ4v) is 4.50. The Bertz CT molecular complexity index is 1190. The van der Waals surface area contributed by atoms with Crippen LogP contribution in [0.5, 0.6) is 5.75 Å². The first-order valence-electron chi connectivity index (χ1n) is 11.3. The molecule has 0 spiro atoms. The number of hydrogen-bond acceptors (Lipinski definition) is 9. The van der Waals surface area contributed by atoms with E-state index in [9.17, 15) is 18.0 Å². The van der Waals surface area contributed by atoms with Gasteiger partial charge in [0.15, 0.2) is 18.0 Å². The van der Waals surface area contributed by atoms with Crippen molar-refractivity contribution in [2.75, 3.05) is 27.4 Å². The van der Waals surface area contributed by atoms with Crippen molar-refractivity contribution in [2.24, 2.45) is 0 Å². The summed E-state index contributed by atoms with van der Waals surface area (Å²) in [5.74, 6) is 0.398. The molecule has 0 fully saturated rings. The molecule has 9 nitrogen and oxygen atoms in total. The number of alkyl halides is 3. The maximum atomic E-state index is 12.6. The molecule has 0 amide bonds. The van der Waals surface area contributed by atoms with E-state index >= 15 is 0 Å². The van der Waals surface area contributed by atoms with Crippen molar-refractivity contribution in [1.29, 1.82) is 0 Å². The van der Waals surface area contributed by atoms with Crippen molar-refractivity contribution in [3.05, 3.63) is 47.8 Å². The zero-order valence-corrected chi connectivity index (χ0v) is 21.6. The average molecular weight is 544 g/mol. The van der Waals surface area contributed by atoms with Crippen molar-refractivity contribution in [1.82, 2.24) is 14.5 Å². The van der Waals surface area contributed by atoms with Crippen LogP contribution in [0.4, 0.5) is 18.0 Å². The van der Waals surface area contributed by atoms with Crippen LogP contribution in [-0.4, -0.2) is 60.6 Å². The predicted molar refractivity (Wildman–Crippen MR) is 129 cm³/mol. The molecule has 0 aliphatic carbocycles. The second-order valence-electron chi connectivity index (χ2n) is 7.86. The predicted octanol–water partition coefficient (Wildman–Crippen LogP) is 5.65. The van der Waals surface area contributed by atoms with Gasteiger partial charge >= 0.3 is 12.3 Å². The Labute approximate surface area is 216 Å². The van der Waals surface area contributed by atoms with E-state index in [0.29, 0.717) is 35.0 Å². The molecule has 0 saturated carbocycles. The molecule has 0 radical (unpaired) electrons. The first-order valence-corrected chi connectivity index (χ1v) is 12.2. The lowest BCUT2D eigenvalue weighted by molar-refractivity contribution is -0.153. The van der Waals surface area contributed by atoms with Gasteiger partial charge in [-0.1, -0.05) is 23.9 Å². The molecule has 1 aromatic carbocycles. The lowest BCUT2D eigenvalue weighted by atomic mass is 10.2. The lowest BCUT2D eigenvalue weighted by Gasteiger charge is -2.20. The third-order valence-corrected chi connectivity index (χ3v) is 6.19. The monoisotopic (exact) mass is 543 g/mol. The first kappa shape index (κ1) is 28.5. The van der Waals surface area contributed by atoms with Gasteiger partial charge in [-0.2, -0.15) is 13.2 Å². The Hall–Kier alpha value is -3.03. The summed E-state index contributed by atoms with van der Waals surface area (Å²) in [6.45, 7) is 2.27. The molecular formula is C24H28F3N3O6S. The first-order chi connectivity index (χ1) is 17.6. The van der Waals surface area contributed by atoms with Gasteiger partial charge in [-0.15, -0.1) is 0 Å². The van der Waals surface area contributed by atoms with Crippen LogP contribution < -0.4 is 4.74 Å². The number of halogens is 3. The maximum Gasteiger partial charge on any atom is 0.512 e. The summed E-state index contributed by atoms with van der Waals surface area (Å²) in [5, 5.41) is 0.520. The number of carbonyl (C=O) groups excluding carboxylic acids is 1. The lowest BCUT2D eigenvalue weighted by Crippen LogP contribution is -2.24. The van der Waals surface area contributed by atoms with Crippen molar-refractivity contribution in [3.8, 4) is 5.75 Å². The number of imidazole rings is 1. The summed E-state index contributed by atoms with van der Waals surface area (Å²) in [7, 11) is 2.94. The Morgan fingerprint density at radius 2 is 1.92 bits per heavy atom. The van der Waals surface area contributed by atoms with Gasteiger partial charge in [-0.3, -0.25) is 9.55 Å². The van der Waals surface area contributed by atoms with Crippen LogP contribution in [-0.2, 0) is 24.7 Å². The summed E-state index contributed by atoms with van der Waals surface area (Å²) < 4.78 is 65.2. The molecule has 3 rings (SSSR count). The number of para-hydroxylation sites is 2. The number of aromatic nitrogens is 3. The number of pyridine rings is 1. The standard InChI is InChI=1S/C24H28F3N3O6S/c1-15-18(28-11-9-20(15)34-14-24(25,26)27)13-37-22-29-17-7-5-6-8-19(17)30(22)16(2)35-23(31)36-21(33-4)10-12-32-3/h5-9,11,16,21H,10,12-14H2,1-4H3. The largest absolute Gasteiger partial charge is 0.512 e. The minimum atomic E-state index is -4.44. The molecule has 2 atom stereocenters. The number of benzene rings is 1. The van der Waals surface area contributed by atoms with Gasteiger partial charge in [-0.25, -0.2) is 9.78 Å². The molecule has 0 N–H and O–H groups in total. The van der Waals surface area contributed by atoms with Crippen LogP contribution in [0.25, 0.3) is 11.0 Å². The van der Waals surface area contributed by atoms with Crippen LogP contribution in [0.2, 0.25) is 0 Å². The second kappa shape index (κ2) is 13.0. The summed E-state index contributed by atoms with van der Waals surface area (Å²) in [5.41, 5.74) is 2.43. The van der Waals surface area contributed by atoms with E-state index < -0.39 is 31.5 Å². The van der Waals surface area contributed by atoms with Crippen molar-refractivity contribution in [2.45, 2.75) is 49.9 Å². The molecule has 0 saturated heterocycles. The fraction of sp³-hybridized carbons (Fsp3) is 0.458. The molecule has 0 aliphatic rings. The number of methoxy groups -OCH3 is 2. The molecule has 37 heavy (non-hydrogen) atoms. The number of fused-ring (bicyclic) bond motifs is 1. The van der Waals surface area contributed by atoms with Gasteiger partial charge in [0.05, 0.1) is 23.3 Å². The molecule has 0 bridgehead atoms. The van der Waals surface area contributed by atoms with Gasteiger partial charge in [0.1, 0.15) is 5.75 Å². The number of nitrogens with zero attached hydrogens (tertiary/aromatic N) is 3. The zero-order chi connectivity index (χ0) is 27.0. The minimum absolute atomic E-state index is 0.108. The highest BCUT2D eigenvalue weighted by molar-refractivity contribution is 7.98. The molecule has 0 aliphatic heterocycles. The Balaban J connectivity index is 1.77. The molecule has 2 unspecified atom stereocenters. The average Bonchev–Trinajstić information content (AvgIpc) is 3.23. The van der Waals surface area contributed by atoms with E-state index in [-0.39, 0.29) is 11.5 Å². The van der Waals surface area contributed by atoms with Gasteiger partial charge in [0, 0.05) is 38.2 Å². The van der Waals surface area contributed by atoms with Crippen molar-refractivity contribution in [3.63, 3.8) is 0 Å². The highest BCUT2D eigenvalue weighted by Crippen LogP contribution is 2.32. The Morgan fingerprint density at radius 3 is 2.62 bits per heavy atom. The molecule has 3 aromatic rings. The molecule has 202 valence electrons. The summed E-state index contributed by atoms with van der Waals surface area (Å²) in [6, 6.07) is 8.72. The van der Waals surface area contributed by atoms with Gasteiger partial charge < -0.3 is 23.7 Å². The fourth-order valence-electron chi connectivity index (χ4n) is 3.39. The highest BCUT2D eigenvalue weighted by Gasteiger charge is 2.29. The van der Waals surface area contributed by atoms with Crippen molar-refractivity contribution < 1.29 is 41.7 Å². The van der Waals surface area contributed by atoms with E-state index in [1.54, 1.807) is 18.4 Å². The van der Waals surface area contributed by atoms with Crippen LogP contribution in [0.15, 0.2) is 41.7 Å². The second-order valence-corrected chi connectivity index (χ2v) is 8.80. The van der Waals surface area contributed by atoms with Crippen LogP contribution in [0.1, 0.15) is 30.8 Å². The third-order valence-electron chi connectivity index (χ3n) is 5.23. The molecule has 13 heteroatoms. The topological polar surface area (TPSA) is 93.9 Å². The zero-order valence-electron chi connectivity index (χ0n) is 20.8. The SMILES string of the molecule is COCCC(OC)OC(=O)OC(C)n1c(SCc2nccc(OCC(F)(F)F)c2C)nc2ccccc21. The van der Waals surface area contributed by atoms with Crippen LogP contribution >= 0.6 is 11.8 Å². The smallest absolute Gasteiger partial charge is 0.484 e. The maximum absolute atomic E-state index is 12.6. The third kappa shape index (κ3) is 7.98. The van der Waals surface area contributed by atoms with E-state index in [0.717, 1.165) is 5.52 Å². The highest BCUT2D eigenvalue weighted by atomic mass is 32.2. The number of rotatable bonds is 12. The molecule has 2 heterocycles. The van der Waals surface area contributed by atoms with E-state index in [1.165, 1.54) is 38.2 Å². The number of thioether (sulfide) groups is 1. The molecule has 2 aromatic heterocycles. The summed E-state index contributed by atoms with van der Waals surface area (Å²) in [6.07, 6.45) is -5.25. The molecular weight excluding hydrogens is 515 g/mol. The van der Waals surface area contributed by atoms with Gasteiger partial charge in [0.25, 0.3) is 0 Å². The number of hydrogen-bond donors (Lipinski definition) is 0. The quantitative estimate of drug-likeness (QED) is 0.163.